The third kappa shape index (κ3) is 19.2. The zero-order valence-corrected chi connectivity index (χ0v) is 19.8. The van der Waals surface area contributed by atoms with Crippen LogP contribution in [0.2, 0.25) is 0 Å². The molecular weight excluding hydrogens is 450 g/mol. The van der Waals surface area contributed by atoms with Crippen LogP contribution in [0.1, 0.15) is 13.3 Å². The number of hydrogen-bond donors (Lipinski definition) is 2. The molecule has 2 N–H and O–H groups in total. The Kier molecular flexibility index (Phi) is 18.6. The van der Waals surface area contributed by atoms with Gasteiger partial charge >= 0.3 is 5.97 Å². The Hall–Kier alpha value is -2.28. The van der Waals surface area contributed by atoms with Crippen LogP contribution in [-0.2, 0) is 38.0 Å². The number of carboxylic acids is 1. The summed E-state index contributed by atoms with van der Waals surface area (Å²) in [6, 6.07) is 7.14. The minimum absolute atomic E-state index is 0.00233. The van der Waals surface area contributed by atoms with E-state index >= 15 is 0 Å². The highest BCUT2D eigenvalue weighted by Crippen LogP contribution is 2.15. The van der Waals surface area contributed by atoms with E-state index in [1.165, 1.54) is 6.92 Å². The fourth-order valence-electron chi connectivity index (χ4n) is 2.42. The van der Waals surface area contributed by atoms with Gasteiger partial charge in [-0.05, 0) is 24.3 Å². The fraction of sp³-hybridized carbons (Fsp3) is 0.652. The average molecular weight is 488 g/mol. The van der Waals surface area contributed by atoms with E-state index in [1.807, 2.05) is 0 Å². The summed E-state index contributed by atoms with van der Waals surface area (Å²) in [4.78, 5) is 21.3. The van der Waals surface area contributed by atoms with Crippen molar-refractivity contribution in [3.05, 3.63) is 24.3 Å². The maximum atomic E-state index is 11.0. The molecule has 1 aromatic carbocycles. The number of carbonyl (C=O) groups is 2. The topological polar surface area (TPSA) is 131 Å². The first-order valence-electron chi connectivity index (χ1n) is 11.3. The lowest BCUT2D eigenvalue weighted by Crippen LogP contribution is -2.15. The lowest BCUT2D eigenvalue weighted by atomic mass is 10.3. The summed E-state index contributed by atoms with van der Waals surface area (Å²) in [5, 5.41) is 11.2. The zero-order chi connectivity index (χ0) is 24.7. The highest BCUT2D eigenvalue weighted by atomic mass is 16.6. The lowest BCUT2D eigenvalue weighted by molar-refractivity contribution is -0.138. The van der Waals surface area contributed by atoms with E-state index in [0.29, 0.717) is 85.0 Å². The van der Waals surface area contributed by atoms with Crippen LogP contribution in [0.5, 0.6) is 5.75 Å². The first kappa shape index (κ1) is 29.8. The Morgan fingerprint density at radius 3 is 1.41 bits per heavy atom. The number of anilines is 1. The Morgan fingerprint density at radius 2 is 1.03 bits per heavy atom. The molecule has 0 fully saturated rings. The predicted molar refractivity (Wildman–Crippen MR) is 123 cm³/mol. The molecular formula is C23H37NO10. The van der Waals surface area contributed by atoms with Gasteiger partial charge in [0.1, 0.15) is 12.4 Å². The summed E-state index contributed by atoms with van der Waals surface area (Å²) >= 11 is 0. The van der Waals surface area contributed by atoms with Crippen LogP contribution < -0.4 is 10.1 Å². The third-order valence-electron chi connectivity index (χ3n) is 3.99. The van der Waals surface area contributed by atoms with Gasteiger partial charge in [-0.1, -0.05) is 0 Å². The van der Waals surface area contributed by atoms with Gasteiger partial charge in [0.15, 0.2) is 0 Å². The number of benzene rings is 1. The number of rotatable bonds is 23. The molecule has 0 aliphatic heterocycles. The molecule has 0 aliphatic rings. The van der Waals surface area contributed by atoms with Gasteiger partial charge in [-0.15, -0.1) is 0 Å². The Balaban J connectivity index is 1.75. The van der Waals surface area contributed by atoms with Gasteiger partial charge in [0.2, 0.25) is 5.91 Å². The fourth-order valence-corrected chi connectivity index (χ4v) is 2.42. The number of amides is 1. The summed E-state index contributed by atoms with van der Waals surface area (Å²) in [5.74, 6) is -0.277. The highest BCUT2D eigenvalue weighted by Gasteiger charge is 1.99. The summed E-state index contributed by atoms with van der Waals surface area (Å²) < 4.78 is 37.6. The van der Waals surface area contributed by atoms with E-state index in [2.05, 4.69) is 5.32 Å². The molecule has 0 radical (unpaired) electrons. The van der Waals surface area contributed by atoms with Crippen LogP contribution in [0, 0.1) is 0 Å². The lowest BCUT2D eigenvalue weighted by Gasteiger charge is -2.09. The molecule has 0 spiro atoms. The Morgan fingerprint density at radius 1 is 0.647 bits per heavy atom. The number of nitrogens with one attached hydrogen (secondary N) is 1. The Labute approximate surface area is 200 Å². The largest absolute Gasteiger partial charge is 0.491 e. The predicted octanol–water partition coefficient (Wildman–Crippen LogP) is 1.60. The van der Waals surface area contributed by atoms with Gasteiger partial charge in [-0.25, -0.2) is 0 Å². The van der Waals surface area contributed by atoms with Gasteiger partial charge in [0.25, 0.3) is 0 Å². The number of carboxylic acid groups (broad SMARTS) is 1. The zero-order valence-electron chi connectivity index (χ0n) is 19.8. The standard InChI is InChI=1S/C23H37NO10/c1-20(25)24-21-2-4-22(5-3-21)34-19-18-33-17-16-32-15-14-31-13-12-30-11-10-29-9-8-28-7-6-23(26)27/h2-5H,6-19H2,1H3,(H,24,25)(H,26,27). The molecule has 11 nitrogen and oxygen atoms in total. The van der Waals surface area contributed by atoms with Gasteiger partial charge in [0.05, 0.1) is 85.7 Å². The molecule has 1 amide bonds. The van der Waals surface area contributed by atoms with E-state index < -0.39 is 5.97 Å². The second-order valence-electron chi connectivity index (χ2n) is 6.87. The van der Waals surface area contributed by atoms with E-state index in [9.17, 15) is 9.59 Å². The highest BCUT2D eigenvalue weighted by molar-refractivity contribution is 5.88. The second kappa shape index (κ2) is 21.3. The molecule has 0 saturated carbocycles. The molecule has 0 aromatic heterocycles. The van der Waals surface area contributed by atoms with E-state index in [4.69, 9.17) is 38.3 Å². The number of ether oxygens (including phenoxy) is 7. The summed E-state index contributed by atoms with van der Waals surface area (Å²) in [6.45, 7) is 7.05. The van der Waals surface area contributed by atoms with E-state index in [0.717, 1.165) is 5.69 Å². The van der Waals surface area contributed by atoms with Crippen LogP contribution in [0.4, 0.5) is 5.69 Å². The van der Waals surface area contributed by atoms with Crippen LogP contribution in [0.25, 0.3) is 0 Å². The molecule has 0 saturated heterocycles. The molecule has 194 valence electrons. The van der Waals surface area contributed by atoms with Crippen LogP contribution in [0.15, 0.2) is 24.3 Å². The SMILES string of the molecule is CC(=O)Nc1ccc(OCCOCCOCCOCCOCCOCCOCCC(=O)O)cc1. The minimum atomic E-state index is -0.875. The van der Waals surface area contributed by atoms with Gasteiger partial charge in [-0.3, -0.25) is 9.59 Å². The minimum Gasteiger partial charge on any atom is -0.491 e. The van der Waals surface area contributed by atoms with Crippen molar-refractivity contribution >= 4 is 17.6 Å². The maximum absolute atomic E-state index is 11.0. The number of carbonyl (C=O) groups excluding carboxylic acids is 1. The molecule has 0 atom stereocenters. The second-order valence-corrected chi connectivity index (χ2v) is 6.87. The molecule has 0 bridgehead atoms. The molecule has 1 aromatic rings. The van der Waals surface area contributed by atoms with Crippen molar-refractivity contribution in [2.75, 3.05) is 91.2 Å². The first-order chi connectivity index (χ1) is 16.6. The van der Waals surface area contributed by atoms with Crippen molar-refractivity contribution in [2.24, 2.45) is 0 Å². The van der Waals surface area contributed by atoms with Crippen molar-refractivity contribution in [3.63, 3.8) is 0 Å². The number of hydrogen-bond acceptors (Lipinski definition) is 9. The summed E-state index contributed by atoms with van der Waals surface area (Å²) in [5.41, 5.74) is 0.727. The maximum Gasteiger partial charge on any atom is 0.305 e. The molecule has 34 heavy (non-hydrogen) atoms. The van der Waals surface area contributed by atoms with Crippen molar-refractivity contribution in [1.29, 1.82) is 0 Å². The van der Waals surface area contributed by atoms with Crippen LogP contribution in [0.3, 0.4) is 0 Å². The van der Waals surface area contributed by atoms with Gasteiger partial charge in [0, 0.05) is 12.6 Å². The number of aliphatic carboxylic acids is 1. The van der Waals surface area contributed by atoms with Gasteiger partial charge < -0.3 is 43.6 Å². The average Bonchev–Trinajstić information content (AvgIpc) is 2.80. The summed E-state index contributed by atoms with van der Waals surface area (Å²) in [6.07, 6.45) is -0.00233. The van der Waals surface area contributed by atoms with Crippen molar-refractivity contribution in [2.45, 2.75) is 13.3 Å². The van der Waals surface area contributed by atoms with Crippen molar-refractivity contribution in [3.8, 4) is 5.75 Å². The molecule has 0 unspecified atom stereocenters. The van der Waals surface area contributed by atoms with E-state index in [-0.39, 0.29) is 18.9 Å². The van der Waals surface area contributed by atoms with Crippen molar-refractivity contribution in [1.82, 2.24) is 0 Å². The quantitative estimate of drug-likeness (QED) is 0.219. The normalized spacial score (nSPS) is 10.9. The molecule has 1 rings (SSSR count). The molecule has 0 aliphatic carbocycles. The summed E-state index contributed by atoms with van der Waals surface area (Å²) in [7, 11) is 0. The third-order valence-corrected chi connectivity index (χ3v) is 3.99. The van der Waals surface area contributed by atoms with Crippen LogP contribution in [-0.4, -0.2) is 103 Å². The Bertz CT molecular complexity index is 641. The molecule has 0 heterocycles. The monoisotopic (exact) mass is 487 g/mol. The van der Waals surface area contributed by atoms with Gasteiger partial charge in [-0.2, -0.15) is 0 Å². The first-order valence-corrected chi connectivity index (χ1v) is 11.3. The van der Waals surface area contributed by atoms with Crippen LogP contribution >= 0.6 is 0 Å². The van der Waals surface area contributed by atoms with E-state index in [1.54, 1.807) is 24.3 Å². The van der Waals surface area contributed by atoms with Crippen molar-refractivity contribution < 1.29 is 47.9 Å². The smallest absolute Gasteiger partial charge is 0.305 e. The molecule has 11 heteroatoms.